The number of nitrogens with one attached hydrogen (secondary N) is 2. The van der Waals surface area contributed by atoms with Crippen LogP contribution >= 0.6 is 11.6 Å². The first kappa shape index (κ1) is 26.2. The number of hydrogen-bond acceptors (Lipinski definition) is 7. The van der Waals surface area contributed by atoms with E-state index in [2.05, 4.69) is 15.8 Å². The first-order valence-corrected chi connectivity index (χ1v) is 11.1. The molecule has 0 aromatic heterocycles. The lowest BCUT2D eigenvalue weighted by Crippen LogP contribution is -2.24. The summed E-state index contributed by atoms with van der Waals surface area (Å²) in [7, 11) is 1.40. The van der Waals surface area contributed by atoms with Gasteiger partial charge in [-0.3, -0.25) is 19.7 Å². The second-order valence-corrected chi connectivity index (χ2v) is 7.98. The Hall–Kier alpha value is -4.44. The number of hydrogen-bond donors (Lipinski definition) is 2. The van der Waals surface area contributed by atoms with Crippen LogP contribution in [0.25, 0.3) is 0 Å². The Morgan fingerprint density at radius 2 is 1.83 bits per heavy atom. The number of carbonyl (C=O) groups excluding carboxylic acids is 2. The normalized spacial score (nSPS) is 10.6. The standard InChI is InChI=1S/C25H23ClN4O6/c1-16-8-9-19(11-20(16)26)28-24(31)13-25(32)29-27-14-18-10-22(35-2)23(12-21(18)30(33)34)36-15-17-6-4-3-5-7-17/h3-12,14H,13,15H2,1-2H3,(H,28,31)(H,29,32). The lowest BCUT2D eigenvalue weighted by atomic mass is 10.1. The van der Waals surface area contributed by atoms with Crippen molar-refractivity contribution >= 4 is 41.0 Å². The summed E-state index contributed by atoms with van der Waals surface area (Å²) < 4.78 is 11.0. The van der Waals surface area contributed by atoms with E-state index in [0.29, 0.717) is 10.7 Å². The average molecular weight is 511 g/mol. The summed E-state index contributed by atoms with van der Waals surface area (Å²) in [5, 5.41) is 18.4. The van der Waals surface area contributed by atoms with Crippen molar-refractivity contribution in [3.05, 3.63) is 92.5 Å². The molecular weight excluding hydrogens is 488 g/mol. The van der Waals surface area contributed by atoms with Crippen molar-refractivity contribution in [1.29, 1.82) is 0 Å². The van der Waals surface area contributed by atoms with Crippen molar-refractivity contribution in [3.8, 4) is 11.5 Å². The fourth-order valence-corrected chi connectivity index (χ4v) is 3.25. The van der Waals surface area contributed by atoms with Crippen molar-refractivity contribution < 1.29 is 24.0 Å². The molecule has 0 fully saturated rings. The molecule has 36 heavy (non-hydrogen) atoms. The van der Waals surface area contributed by atoms with Gasteiger partial charge in [0.25, 0.3) is 5.69 Å². The van der Waals surface area contributed by atoms with Crippen molar-refractivity contribution in [2.75, 3.05) is 12.4 Å². The third kappa shape index (κ3) is 7.28. The fraction of sp³-hybridized carbons (Fsp3) is 0.160. The zero-order valence-electron chi connectivity index (χ0n) is 19.5. The Bertz CT molecular complexity index is 1300. The topological polar surface area (TPSA) is 132 Å². The highest BCUT2D eigenvalue weighted by Crippen LogP contribution is 2.34. The molecule has 0 aliphatic carbocycles. The SMILES string of the molecule is COc1cc(C=NNC(=O)CC(=O)Nc2ccc(C)c(Cl)c2)c([N+](=O)[O-])cc1OCc1ccccc1. The van der Waals surface area contributed by atoms with Crippen molar-refractivity contribution in [2.24, 2.45) is 5.10 Å². The molecule has 10 nitrogen and oxygen atoms in total. The molecule has 0 saturated heterocycles. The van der Waals surface area contributed by atoms with E-state index in [4.69, 9.17) is 21.1 Å². The van der Waals surface area contributed by atoms with Crippen LogP contribution in [0.1, 0.15) is 23.1 Å². The van der Waals surface area contributed by atoms with Gasteiger partial charge in [-0.25, -0.2) is 5.43 Å². The molecule has 3 aromatic carbocycles. The van der Waals surface area contributed by atoms with Gasteiger partial charge in [0, 0.05) is 10.7 Å². The number of ether oxygens (including phenoxy) is 2. The molecule has 0 saturated carbocycles. The van der Waals surface area contributed by atoms with Crippen LogP contribution in [0.15, 0.2) is 65.8 Å². The maximum Gasteiger partial charge on any atom is 0.282 e. The minimum Gasteiger partial charge on any atom is -0.493 e. The van der Waals surface area contributed by atoms with Crippen molar-refractivity contribution in [3.63, 3.8) is 0 Å². The Labute approximate surface area is 212 Å². The highest BCUT2D eigenvalue weighted by Gasteiger charge is 2.19. The number of aryl methyl sites for hydroxylation is 1. The van der Waals surface area contributed by atoms with Gasteiger partial charge >= 0.3 is 0 Å². The van der Waals surface area contributed by atoms with Gasteiger partial charge in [0.05, 0.1) is 29.9 Å². The highest BCUT2D eigenvalue weighted by molar-refractivity contribution is 6.31. The number of anilines is 1. The number of rotatable bonds is 10. The second kappa shape index (κ2) is 12.3. The van der Waals surface area contributed by atoms with Gasteiger partial charge in [0.1, 0.15) is 13.0 Å². The molecule has 0 aliphatic rings. The molecule has 186 valence electrons. The van der Waals surface area contributed by atoms with Gasteiger partial charge in [-0.1, -0.05) is 48.0 Å². The summed E-state index contributed by atoms with van der Waals surface area (Å²) >= 11 is 6.03. The van der Waals surface area contributed by atoms with E-state index in [0.717, 1.165) is 17.3 Å². The molecule has 3 rings (SSSR count). The van der Waals surface area contributed by atoms with E-state index in [1.54, 1.807) is 18.2 Å². The molecule has 0 bridgehead atoms. The summed E-state index contributed by atoms with van der Waals surface area (Å²) in [5.74, 6) is -0.850. The summed E-state index contributed by atoms with van der Waals surface area (Å²) in [5.41, 5.74) is 4.13. The first-order chi connectivity index (χ1) is 17.3. The van der Waals surface area contributed by atoms with E-state index < -0.39 is 23.2 Å². The van der Waals surface area contributed by atoms with Gasteiger partial charge in [0.15, 0.2) is 11.5 Å². The predicted molar refractivity (Wildman–Crippen MR) is 136 cm³/mol. The number of methoxy groups -OCH3 is 1. The Balaban J connectivity index is 1.64. The van der Waals surface area contributed by atoms with Gasteiger partial charge < -0.3 is 14.8 Å². The summed E-state index contributed by atoms with van der Waals surface area (Å²) in [6.45, 7) is 2.01. The second-order valence-electron chi connectivity index (χ2n) is 7.58. The zero-order valence-corrected chi connectivity index (χ0v) is 20.2. The van der Waals surface area contributed by atoms with Gasteiger partial charge in [-0.15, -0.1) is 0 Å². The zero-order chi connectivity index (χ0) is 26.1. The molecular formula is C25H23ClN4O6. The molecule has 0 atom stereocenters. The quantitative estimate of drug-likeness (QED) is 0.177. The molecule has 0 heterocycles. The lowest BCUT2D eigenvalue weighted by Gasteiger charge is -2.12. The number of carbonyl (C=O) groups is 2. The monoisotopic (exact) mass is 510 g/mol. The molecule has 0 aliphatic heterocycles. The van der Waals surface area contributed by atoms with E-state index in [-0.39, 0.29) is 29.4 Å². The van der Waals surface area contributed by atoms with Crippen molar-refractivity contribution in [1.82, 2.24) is 5.43 Å². The van der Waals surface area contributed by atoms with E-state index in [1.165, 1.54) is 19.2 Å². The third-order valence-corrected chi connectivity index (χ3v) is 5.32. The minimum absolute atomic E-state index is 0.0722. The summed E-state index contributed by atoms with van der Waals surface area (Å²) in [6.07, 6.45) is 0.581. The first-order valence-electron chi connectivity index (χ1n) is 10.7. The Morgan fingerprint density at radius 1 is 1.08 bits per heavy atom. The van der Waals surface area contributed by atoms with Crippen LogP contribution in [-0.2, 0) is 16.2 Å². The fourth-order valence-electron chi connectivity index (χ4n) is 3.07. The number of nitrogens with zero attached hydrogens (tertiary/aromatic N) is 2. The maximum absolute atomic E-state index is 12.1. The predicted octanol–water partition coefficient (Wildman–Crippen LogP) is 4.62. The Morgan fingerprint density at radius 3 is 2.50 bits per heavy atom. The van der Waals surface area contributed by atoms with Crippen LogP contribution < -0.4 is 20.2 Å². The summed E-state index contributed by atoms with van der Waals surface area (Å²) in [4.78, 5) is 35.2. The molecule has 0 radical (unpaired) electrons. The van der Waals surface area contributed by atoms with Crippen LogP contribution in [0, 0.1) is 17.0 Å². The number of hydrazone groups is 1. The summed E-state index contributed by atoms with van der Waals surface area (Å²) in [6, 6.07) is 16.9. The number of nitro benzene ring substituents is 1. The minimum atomic E-state index is -0.709. The lowest BCUT2D eigenvalue weighted by molar-refractivity contribution is -0.385. The largest absolute Gasteiger partial charge is 0.493 e. The Kier molecular flexibility index (Phi) is 8.95. The maximum atomic E-state index is 12.1. The van der Waals surface area contributed by atoms with Crippen LogP contribution in [0.3, 0.4) is 0 Å². The van der Waals surface area contributed by atoms with Gasteiger partial charge in [-0.05, 0) is 36.2 Å². The van der Waals surface area contributed by atoms with Gasteiger partial charge in [0.2, 0.25) is 11.8 Å². The number of nitro groups is 1. The van der Waals surface area contributed by atoms with Crippen LogP contribution in [0.5, 0.6) is 11.5 Å². The van der Waals surface area contributed by atoms with E-state index >= 15 is 0 Å². The van der Waals surface area contributed by atoms with Crippen LogP contribution in [-0.4, -0.2) is 30.1 Å². The van der Waals surface area contributed by atoms with E-state index in [9.17, 15) is 19.7 Å². The molecule has 11 heteroatoms. The number of amides is 2. The van der Waals surface area contributed by atoms with Crippen LogP contribution in [0.4, 0.5) is 11.4 Å². The van der Waals surface area contributed by atoms with E-state index in [1.807, 2.05) is 37.3 Å². The average Bonchev–Trinajstić information content (AvgIpc) is 2.85. The highest BCUT2D eigenvalue weighted by atomic mass is 35.5. The number of halogens is 1. The molecule has 0 spiro atoms. The number of benzene rings is 3. The van der Waals surface area contributed by atoms with Crippen molar-refractivity contribution in [2.45, 2.75) is 20.0 Å². The van der Waals surface area contributed by atoms with Crippen LogP contribution in [0.2, 0.25) is 5.02 Å². The molecule has 0 unspecified atom stereocenters. The third-order valence-electron chi connectivity index (χ3n) is 4.92. The molecule has 2 amide bonds. The smallest absolute Gasteiger partial charge is 0.282 e. The molecule has 3 aromatic rings. The van der Waals surface area contributed by atoms with Gasteiger partial charge in [-0.2, -0.15) is 5.10 Å². The molecule has 2 N–H and O–H groups in total.